The predicted molar refractivity (Wildman–Crippen MR) is 160 cm³/mol. The van der Waals surface area contributed by atoms with Gasteiger partial charge in [0.25, 0.3) is 0 Å². The number of carbonyl (C=O) groups is 1. The predicted octanol–water partition coefficient (Wildman–Crippen LogP) is 7.76. The molecule has 0 aliphatic heterocycles. The minimum atomic E-state index is -0.914. The standard InChI is InChI=1S/C34H36N4O2/c1-3-8-32-36-33-23(2)17-27(30-21-37(22-35-30)19-24-9-4-5-10-24)18-31(33)38(32)20-25-13-15-26(16-14-25)28-11-6-7-12-29(28)34(39)40/h6-7,11-18,21-22,24H,3-5,8-10,19-20H2,1-2H3,(H,39,40). The van der Waals surface area contributed by atoms with Crippen molar-refractivity contribution in [2.24, 2.45) is 5.92 Å². The Kier molecular flexibility index (Phi) is 7.25. The summed E-state index contributed by atoms with van der Waals surface area (Å²) in [7, 11) is 0. The summed E-state index contributed by atoms with van der Waals surface area (Å²) in [6.07, 6.45) is 11.5. The molecule has 6 nitrogen and oxygen atoms in total. The van der Waals surface area contributed by atoms with Crippen LogP contribution in [0.2, 0.25) is 0 Å². The van der Waals surface area contributed by atoms with Crippen LogP contribution in [0.1, 0.15) is 66.3 Å². The highest BCUT2D eigenvalue weighted by Gasteiger charge is 2.18. The van der Waals surface area contributed by atoms with Crippen LogP contribution in [0.5, 0.6) is 0 Å². The molecule has 0 spiro atoms. The number of hydrogen-bond donors (Lipinski definition) is 1. The number of aromatic nitrogens is 4. The van der Waals surface area contributed by atoms with Gasteiger partial charge in [0.15, 0.2) is 0 Å². The van der Waals surface area contributed by atoms with Crippen LogP contribution in [-0.2, 0) is 19.5 Å². The molecule has 6 rings (SSSR count). The highest BCUT2D eigenvalue weighted by molar-refractivity contribution is 5.96. The van der Waals surface area contributed by atoms with Gasteiger partial charge in [0.2, 0.25) is 0 Å². The molecule has 1 aliphatic carbocycles. The Morgan fingerprint density at radius 3 is 2.55 bits per heavy atom. The van der Waals surface area contributed by atoms with Crippen LogP contribution in [0.4, 0.5) is 0 Å². The van der Waals surface area contributed by atoms with E-state index in [4.69, 9.17) is 9.97 Å². The molecule has 2 aromatic heterocycles. The molecule has 6 heteroatoms. The smallest absolute Gasteiger partial charge is 0.336 e. The van der Waals surface area contributed by atoms with Crippen molar-refractivity contribution in [3.05, 3.63) is 95.7 Å². The fraction of sp³-hybridized carbons (Fsp3) is 0.324. The molecular formula is C34H36N4O2. The van der Waals surface area contributed by atoms with E-state index in [1.165, 1.54) is 25.7 Å². The monoisotopic (exact) mass is 532 g/mol. The second kappa shape index (κ2) is 11.1. The summed E-state index contributed by atoms with van der Waals surface area (Å²) in [5.41, 5.74) is 8.57. The molecule has 1 fully saturated rings. The number of fused-ring (bicyclic) bond motifs is 1. The van der Waals surface area contributed by atoms with Crippen molar-refractivity contribution in [2.75, 3.05) is 0 Å². The van der Waals surface area contributed by atoms with Crippen LogP contribution in [0, 0.1) is 12.8 Å². The van der Waals surface area contributed by atoms with E-state index in [0.29, 0.717) is 12.1 Å². The first-order valence-corrected chi connectivity index (χ1v) is 14.4. The summed E-state index contributed by atoms with van der Waals surface area (Å²) < 4.78 is 4.60. The number of hydrogen-bond acceptors (Lipinski definition) is 3. The van der Waals surface area contributed by atoms with Crippen molar-refractivity contribution in [1.29, 1.82) is 0 Å². The normalized spacial score (nSPS) is 13.8. The van der Waals surface area contributed by atoms with Gasteiger partial charge in [0.05, 0.1) is 28.6 Å². The van der Waals surface area contributed by atoms with Crippen LogP contribution in [-0.4, -0.2) is 30.2 Å². The molecule has 2 heterocycles. The van der Waals surface area contributed by atoms with E-state index in [0.717, 1.165) is 75.7 Å². The Balaban J connectivity index is 1.33. The van der Waals surface area contributed by atoms with E-state index < -0.39 is 5.97 Å². The molecular weight excluding hydrogens is 496 g/mol. The number of carboxylic acids is 1. The maximum Gasteiger partial charge on any atom is 0.336 e. The zero-order valence-corrected chi connectivity index (χ0v) is 23.3. The molecule has 3 aromatic carbocycles. The van der Waals surface area contributed by atoms with Gasteiger partial charge in [0, 0.05) is 31.3 Å². The summed E-state index contributed by atoms with van der Waals surface area (Å²) in [4.78, 5) is 21.6. The molecule has 1 aliphatic rings. The summed E-state index contributed by atoms with van der Waals surface area (Å²) in [5.74, 6) is 0.946. The highest BCUT2D eigenvalue weighted by Crippen LogP contribution is 2.31. The molecule has 0 radical (unpaired) electrons. The SMILES string of the molecule is CCCc1nc2c(C)cc(-c3cn(CC4CCCC4)cn3)cc2n1Cc1ccc(-c2ccccc2C(=O)O)cc1. The Morgan fingerprint density at radius 2 is 1.80 bits per heavy atom. The average Bonchev–Trinajstić information content (AvgIpc) is 3.72. The third-order valence-electron chi connectivity index (χ3n) is 8.23. The van der Waals surface area contributed by atoms with Gasteiger partial charge < -0.3 is 14.2 Å². The molecule has 0 saturated heterocycles. The quantitative estimate of drug-likeness (QED) is 0.210. The molecule has 0 unspecified atom stereocenters. The fourth-order valence-corrected chi connectivity index (χ4v) is 6.17. The van der Waals surface area contributed by atoms with E-state index in [9.17, 15) is 9.90 Å². The lowest BCUT2D eigenvalue weighted by atomic mass is 9.98. The summed E-state index contributed by atoms with van der Waals surface area (Å²) in [5, 5.41) is 9.61. The van der Waals surface area contributed by atoms with Gasteiger partial charge in [-0.15, -0.1) is 0 Å². The van der Waals surface area contributed by atoms with Gasteiger partial charge >= 0.3 is 5.97 Å². The van der Waals surface area contributed by atoms with E-state index >= 15 is 0 Å². The molecule has 40 heavy (non-hydrogen) atoms. The lowest BCUT2D eigenvalue weighted by Crippen LogP contribution is -2.05. The fourth-order valence-electron chi connectivity index (χ4n) is 6.17. The number of rotatable bonds is 9. The molecule has 1 N–H and O–H groups in total. The third kappa shape index (κ3) is 5.18. The Hall–Kier alpha value is -4.19. The molecule has 204 valence electrons. The summed E-state index contributed by atoms with van der Waals surface area (Å²) in [6.45, 7) is 6.09. The number of aromatic carboxylic acids is 1. The van der Waals surface area contributed by atoms with Gasteiger partial charge in [-0.1, -0.05) is 62.2 Å². The van der Waals surface area contributed by atoms with Gasteiger partial charge in [-0.3, -0.25) is 0 Å². The van der Waals surface area contributed by atoms with Crippen LogP contribution in [0.25, 0.3) is 33.4 Å². The average molecular weight is 533 g/mol. The number of carboxylic acid groups (broad SMARTS) is 1. The minimum absolute atomic E-state index is 0.315. The zero-order valence-electron chi connectivity index (χ0n) is 23.3. The van der Waals surface area contributed by atoms with Crippen LogP contribution in [0.3, 0.4) is 0 Å². The topological polar surface area (TPSA) is 72.9 Å². The van der Waals surface area contributed by atoms with Crippen molar-refractivity contribution in [2.45, 2.75) is 65.5 Å². The van der Waals surface area contributed by atoms with Crippen molar-refractivity contribution in [3.63, 3.8) is 0 Å². The van der Waals surface area contributed by atoms with E-state index in [2.05, 4.69) is 53.4 Å². The van der Waals surface area contributed by atoms with Crippen LogP contribution < -0.4 is 0 Å². The summed E-state index contributed by atoms with van der Waals surface area (Å²) >= 11 is 0. The lowest BCUT2D eigenvalue weighted by Gasteiger charge is -2.12. The Morgan fingerprint density at radius 1 is 1.02 bits per heavy atom. The molecule has 0 bridgehead atoms. The zero-order chi connectivity index (χ0) is 27.6. The number of aryl methyl sites for hydroxylation is 2. The summed E-state index contributed by atoms with van der Waals surface area (Å²) in [6, 6.07) is 19.8. The maximum absolute atomic E-state index is 11.7. The number of nitrogens with zero attached hydrogens (tertiary/aromatic N) is 4. The first-order valence-electron chi connectivity index (χ1n) is 14.4. The number of imidazole rings is 2. The highest BCUT2D eigenvalue weighted by atomic mass is 16.4. The second-order valence-electron chi connectivity index (χ2n) is 11.2. The third-order valence-corrected chi connectivity index (χ3v) is 8.23. The van der Waals surface area contributed by atoms with Crippen LogP contribution in [0.15, 0.2) is 73.2 Å². The maximum atomic E-state index is 11.7. The van der Waals surface area contributed by atoms with Gasteiger partial charge in [-0.2, -0.15) is 0 Å². The van der Waals surface area contributed by atoms with E-state index in [-0.39, 0.29) is 0 Å². The van der Waals surface area contributed by atoms with Gasteiger partial charge in [0.1, 0.15) is 5.82 Å². The van der Waals surface area contributed by atoms with E-state index in [1.54, 1.807) is 12.1 Å². The van der Waals surface area contributed by atoms with Crippen LogP contribution >= 0.6 is 0 Å². The van der Waals surface area contributed by atoms with Crippen molar-refractivity contribution < 1.29 is 9.90 Å². The first kappa shape index (κ1) is 26.1. The largest absolute Gasteiger partial charge is 0.478 e. The molecule has 0 amide bonds. The van der Waals surface area contributed by atoms with Crippen molar-refractivity contribution in [3.8, 4) is 22.4 Å². The van der Waals surface area contributed by atoms with Crippen molar-refractivity contribution >= 4 is 17.0 Å². The Bertz CT molecular complexity index is 1660. The number of benzene rings is 3. The minimum Gasteiger partial charge on any atom is -0.478 e. The molecule has 1 saturated carbocycles. The molecule has 5 aromatic rings. The molecule has 0 atom stereocenters. The van der Waals surface area contributed by atoms with Gasteiger partial charge in [-0.25, -0.2) is 14.8 Å². The van der Waals surface area contributed by atoms with Crippen molar-refractivity contribution in [1.82, 2.24) is 19.1 Å². The van der Waals surface area contributed by atoms with Gasteiger partial charge in [-0.05, 0) is 72.6 Å². The Labute approximate surface area is 235 Å². The lowest BCUT2D eigenvalue weighted by molar-refractivity contribution is 0.0697. The second-order valence-corrected chi connectivity index (χ2v) is 11.2. The van der Waals surface area contributed by atoms with E-state index in [1.807, 2.05) is 30.6 Å². The first-order chi connectivity index (χ1) is 19.5.